The summed E-state index contributed by atoms with van der Waals surface area (Å²) in [6.45, 7) is 5.61. The van der Waals surface area contributed by atoms with E-state index in [0.29, 0.717) is 6.61 Å². The molecule has 0 radical (unpaired) electrons. The smallest absolute Gasteiger partial charge is 0.163 e. The molecule has 1 unspecified atom stereocenters. The first-order valence-electron chi connectivity index (χ1n) is 6.80. The van der Waals surface area contributed by atoms with E-state index in [1.54, 1.807) is 11.3 Å². The van der Waals surface area contributed by atoms with Gasteiger partial charge in [-0.25, -0.2) is 4.98 Å². The van der Waals surface area contributed by atoms with Crippen molar-refractivity contribution in [1.29, 1.82) is 0 Å². The van der Waals surface area contributed by atoms with Crippen molar-refractivity contribution in [3.8, 4) is 11.5 Å². The highest BCUT2D eigenvalue weighted by Crippen LogP contribution is 2.34. The number of hydrogen-bond donors (Lipinski definition) is 1. The van der Waals surface area contributed by atoms with E-state index in [1.807, 2.05) is 30.6 Å². The predicted octanol–water partition coefficient (Wildman–Crippen LogP) is 3.79. The van der Waals surface area contributed by atoms with Gasteiger partial charge in [0.15, 0.2) is 11.5 Å². The highest BCUT2D eigenvalue weighted by Gasteiger charge is 2.14. The van der Waals surface area contributed by atoms with Crippen molar-refractivity contribution < 1.29 is 9.47 Å². The Hall–Kier alpha value is -1.75. The van der Waals surface area contributed by atoms with Crippen LogP contribution in [0.5, 0.6) is 11.5 Å². The Morgan fingerprint density at radius 1 is 1.25 bits per heavy atom. The van der Waals surface area contributed by atoms with Crippen LogP contribution in [0, 0.1) is 6.92 Å². The van der Waals surface area contributed by atoms with Crippen molar-refractivity contribution in [2.45, 2.75) is 26.3 Å². The summed E-state index contributed by atoms with van der Waals surface area (Å²) in [5.74, 6) is 1.65. The Bertz CT molecular complexity index is 597. The van der Waals surface area contributed by atoms with Crippen LogP contribution in [-0.4, -0.2) is 18.2 Å². The molecule has 0 saturated heterocycles. The first-order valence-corrected chi connectivity index (χ1v) is 7.68. The number of hydrogen-bond acceptors (Lipinski definition) is 5. The van der Waals surface area contributed by atoms with Crippen molar-refractivity contribution in [2.75, 3.05) is 18.5 Å². The molecule has 5 heteroatoms. The van der Waals surface area contributed by atoms with Crippen LogP contribution in [0.4, 0.5) is 5.69 Å². The minimum absolute atomic E-state index is 0.229. The number of rotatable bonds is 3. The highest BCUT2D eigenvalue weighted by atomic mass is 32.1. The second kappa shape index (κ2) is 5.71. The van der Waals surface area contributed by atoms with Crippen LogP contribution >= 0.6 is 11.3 Å². The van der Waals surface area contributed by atoms with E-state index in [4.69, 9.17) is 9.47 Å². The summed E-state index contributed by atoms with van der Waals surface area (Å²) >= 11 is 1.68. The maximum absolute atomic E-state index is 5.71. The number of nitrogens with one attached hydrogen (secondary N) is 1. The third-order valence-corrected chi connectivity index (χ3v) is 4.42. The van der Waals surface area contributed by atoms with E-state index in [-0.39, 0.29) is 6.04 Å². The summed E-state index contributed by atoms with van der Waals surface area (Å²) in [5, 5.41) is 3.49. The van der Waals surface area contributed by atoms with Crippen LogP contribution in [0.25, 0.3) is 0 Å². The molecule has 20 heavy (non-hydrogen) atoms. The maximum atomic E-state index is 5.71. The van der Waals surface area contributed by atoms with Gasteiger partial charge in [-0.2, -0.15) is 0 Å². The average Bonchev–Trinajstić information content (AvgIpc) is 2.73. The summed E-state index contributed by atoms with van der Waals surface area (Å²) in [6, 6.07) is 6.23. The fourth-order valence-corrected chi connectivity index (χ4v) is 3.11. The molecule has 106 valence electrons. The summed E-state index contributed by atoms with van der Waals surface area (Å²) < 4.78 is 11.3. The summed E-state index contributed by atoms with van der Waals surface area (Å²) in [4.78, 5) is 5.56. The van der Waals surface area contributed by atoms with Gasteiger partial charge in [-0.3, -0.25) is 0 Å². The molecule has 0 saturated carbocycles. The number of nitrogens with zero attached hydrogens (tertiary/aromatic N) is 1. The quantitative estimate of drug-likeness (QED) is 0.934. The summed E-state index contributed by atoms with van der Waals surface area (Å²) in [5.41, 5.74) is 4.01. The molecule has 1 aliphatic heterocycles. The van der Waals surface area contributed by atoms with Crippen molar-refractivity contribution in [1.82, 2.24) is 4.98 Å². The number of aromatic nitrogens is 1. The van der Waals surface area contributed by atoms with Gasteiger partial charge in [0.05, 0.1) is 30.5 Å². The first kappa shape index (κ1) is 13.2. The number of thiazole rings is 1. The van der Waals surface area contributed by atoms with Gasteiger partial charge in [0.25, 0.3) is 0 Å². The van der Waals surface area contributed by atoms with Gasteiger partial charge >= 0.3 is 0 Å². The predicted molar refractivity (Wildman–Crippen MR) is 80.9 cm³/mol. The van der Waals surface area contributed by atoms with Crippen molar-refractivity contribution in [3.63, 3.8) is 0 Å². The molecular weight excluding hydrogens is 272 g/mol. The minimum Gasteiger partial charge on any atom is -0.490 e. The normalized spacial score (nSPS) is 15.5. The molecule has 0 spiro atoms. The van der Waals surface area contributed by atoms with E-state index < -0.39 is 0 Å². The molecule has 2 aromatic rings. The number of anilines is 1. The van der Waals surface area contributed by atoms with Gasteiger partial charge in [0.1, 0.15) is 0 Å². The molecule has 1 aromatic heterocycles. The fraction of sp³-hybridized carbons (Fsp3) is 0.400. The summed E-state index contributed by atoms with van der Waals surface area (Å²) in [6.07, 6.45) is 0.925. The Morgan fingerprint density at radius 3 is 2.80 bits per heavy atom. The first-order chi connectivity index (χ1) is 9.74. The van der Waals surface area contributed by atoms with Gasteiger partial charge in [0.2, 0.25) is 0 Å². The van der Waals surface area contributed by atoms with E-state index in [9.17, 15) is 0 Å². The maximum Gasteiger partial charge on any atom is 0.163 e. The molecule has 1 aromatic carbocycles. The Labute approximate surface area is 122 Å². The zero-order valence-corrected chi connectivity index (χ0v) is 12.5. The number of aryl methyl sites for hydroxylation is 1. The standard InChI is InChI=1S/C15H18N2O2S/c1-10-15(20-9-16-10)11(2)17-12-4-5-13-14(8-12)19-7-3-6-18-13/h4-5,8-9,11,17H,3,6-7H2,1-2H3. The zero-order valence-electron chi connectivity index (χ0n) is 11.7. The molecule has 0 amide bonds. The van der Waals surface area contributed by atoms with Crippen LogP contribution in [0.2, 0.25) is 0 Å². The lowest BCUT2D eigenvalue weighted by Crippen LogP contribution is -2.06. The molecule has 1 aliphatic rings. The van der Waals surface area contributed by atoms with Gasteiger partial charge in [-0.15, -0.1) is 11.3 Å². The Balaban J connectivity index is 1.78. The molecule has 0 fully saturated rings. The van der Waals surface area contributed by atoms with Crippen molar-refractivity contribution in [3.05, 3.63) is 34.3 Å². The molecule has 3 rings (SSSR count). The largest absolute Gasteiger partial charge is 0.490 e. The molecule has 0 aliphatic carbocycles. The van der Waals surface area contributed by atoms with Gasteiger partial charge in [-0.1, -0.05) is 0 Å². The Kier molecular flexibility index (Phi) is 3.78. The van der Waals surface area contributed by atoms with Crippen molar-refractivity contribution in [2.24, 2.45) is 0 Å². The number of ether oxygens (including phenoxy) is 2. The average molecular weight is 290 g/mol. The lowest BCUT2D eigenvalue weighted by atomic mass is 10.2. The topological polar surface area (TPSA) is 43.4 Å². The minimum atomic E-state index is 0.229. The van der Waals surface area contributed by atoms with Crippen LogP contribution in [-0.2, 0) is 0 Å². The number of fused-ring (bicyclic) bond motifs is 1. The van der Waals surface area contributed by atoms with Gasteiger partial charge in [-0.05, 0) is 26.0 Å². The van der Waals surface area contributed by atoms with Crippen LogP contribution in [0.15, 0.2) is 23.7 Å². The highest BCUT2D eigenvalue weighted by molar-refractivity contribution is 7.09. The third-order valence-electron chi connectivity index (χ3n) is 3.31. The number of benzene rings is 1. The fourth-order valence-electron chi connectivity index (χ4n) is 2.30. The van der Waals surface area contributed by atoms with Gasteiger partial charge < -0.3 is 14.8 Å². The summed E-state index contributed by atoms with van der Waals surface area (Å²) in [7, 11) is 0. The van der Waals surface area contributed by atoms with Crippen LogP contribution in [0.3, 0.4) is 0 Å². The van der Waals surface area contributed by atoms with E-state index in [0.717, 1.165) is 35.9 Å². The van der Waals surface area contributed by atoms with Crippen molar-refractivity contribution >= 4 is 17.0 Å². The van der Waals surface area contributed by atoms with Crippen LogP contribution < -0.4 is 14.8 Å². The van der Waals surface area contributed by atoms with Gasteiger partial charge in [0, 0.05) is 23.1 Å². The monoisotopic (exact) mass is 290 g/mol. The molecule has 1 N–H and O–H groups in total. The van der Waals surface area contributed by atoms with E-state index >= 15 is 0 Å². The van der Waals surface area contributed by atoms with E-state index in [2.05, 4.69) is 17.2 Å². The molecule has 0 bridgehead atoms. The zero-order chi connectivity index (χ0) is 13.9. The molecular formula is C15H18N2O2S. The van der Waals surface area contributed by atoms with E-state index in [1.165, 1.54) is 4.88 Å². The lowest BCUT2D eigenvalue weighted by molar-refractivity contribution is 0.297. The molecule has 2 heterocycles. The van der Waals surface area contributed by atoms with Crippen LogP contribution in [0.1, 0.15) is 30.0 Å². The lowest BCUT2D eigenvalue weighted by Gasteiger charge is -2.16. The third kappa shape index (κ3) is 2.72. The Morgan fingerprint density at radius 2 is 2.05 bits per heavy atom. The second-order valence-corrected chi connectivity index (χ2v) is 5.77. The molecule has 4 nitrogen and oxygen atoms in total. The second-order valence-electron chi connectivity index (χ2n) is 4.88. The SMILES string of the molecule is Cc1ncsc1C(C)Nc1ccc2c(c1)OCCCO2. The molecule has 1 atom stereocenters.